The van der Waals surface area contributed by atoms with Crippen molar-refractivity contribution in [3.63, 3.8) is 0 Å². The number of carbonyl (C=O) groups is 2. The van der Waals surface area contributed by atoms with Crippen molar-refractivity contribution >= 4 is 17.4 Å². The quantitative estimate of drug-likeness (QED) is 0.635. The minimum atomic E-state index is -0.372. The highest BCUT2D eigenvalue weighted by Gasteiger charge is 2.43. The molecule has 5 rings (SSSR count). The molecule has 172 valence electrons. The van der Waals surface area contributed by atoms with E-state index in [2.05, 4.69) is 17.0 Å². The highest BCUT2D eigenvalue weighted by molar-refractivity contribution is 6.35. The molecule has 0 N–H and O–H groups in total. The van der Waals surface area contributed by atoms with Gasteiger partial charge in [-0.05, 0) is 36.1 Å². The third-order valence-corrected chi connectivity index (χ3v) is 6.62. The molecule has 33 heavy (non-hydrogen) atoms. The van der Waals surface area contributed by atoms with E-state index in [9.17, 15) is 14.0 Å². The maximum atomic E-state index is 13.6. The number of benzene rings is 2. The summed E-state index contributed by atoms with van der Waals surface area (Å²) in [5, 5.41) is 0. The van der Waals surface area contributed by atoms with Crippen LogP contribution in [0.15, 0.2) is 60.3 Å². The number of nitrogens with zero attached hydrogens (tertiary/aromatic N) is 3. The summed E-state index contributed by atoms with van der Waals surface area (Å²) >= 11 is 0. The van der Waals surface area contributed by atoms with Gasteiger partial charge in [0.2, 0.25) is 0 Å². The molecule has 7 heteroatoms. The lowest BCUT2D eigenvalue weighted by Crippen LogP contribution is -2.47. The van der Waals surface area contributed by atoms with Gasteiger partial charge in [0.1, 0.15) is 11.5 Å². The Labute approximate surface area is 193 Å². The zero-order chi connectivity index (χ0) is 22.8. The molecule has 2 amide bonds. The number of halogens is 1. The van der Waals surface area contributed by atoms with Crippen LogP contribution in [-0.4, -0.2) is 71.9 Å². The van der Waals surface area contributed by atoms with Crippen LogP contribution in [0.25, 0.3) is 5.57 Å². The Morgan fingerprint density at radius 3 is 2.30 bits per heavy atom. The van der Waals surface area contributed by atoms with Crippen LogP contribution >= 0.6 is 0 Å². The Kier molecular flexibility index (Phi) is 6.24. The summed E-state index contributed by atoms with van der Waals surface area (Å²) in [6.45, 7) is 4.68. The number of piperazine rings is 1. The van der Waals surface area contributed by atoms with E-state index in [1.54, 1.807) is 12.1 Å². The van der Waals surface area contributed by atoms with Crippen LogP contribution in [0.1, 0.15) is 24.0 Å². The standard InChI is InChI=1S/C26H28FN3O3/c27-21-10-8-20(9-11-21)23-24(26(32)30(25(23)31)18-22-7-4-16-33-22)29-14-12-28(13-15-29)17-19-5-2-1-3-6-19/h1-3,5-6,8-11,22H,4,7,12-18H2. The fourth-order valence-corrected chi connectivity index (χ4v) is 4.86. The van der Waals surface area contributed by atoms with Crippen molar-refractivity contribution < 1.29 is 18.7 Å². The molecule has 0 bridgehead atoms. The van der Waals surface area contributed by atoms with E-state index in [1.807, 2.05) is 23.1 Å². The van der Waals surface area contributed by atoms with Gasteiger partial charge in [-0.15, -0.1) is 0 Å². The van der Waals surface area contributed by atoms with Gasteiger partial charge in [0, 0.05) is 39.3 Å². The molecule has 3 aliphatic rings. The predicted molar refractivity (Wildman–Crippen MR) is 122 cm³/mol. The van der Waals surface area contributed by atoms with Crippen molar-refractivity contribution in [2.24, 2.45) is 0 Å². The normalized spacial score (nSPS) is 22.0. The van der Waals surface area contributed by atoms with Gasteiger partial charge in [-0.3, -0.25) is 19.4 Å². The van der Waals surface area contributed by atoms with Crippen LogP contribution < -0.4 is 0 Å². The van der Waals surface area contributed by atoms with Crippen molar-refractivity contribution in [3.05, 3.63) is 77.2 Å². The molecular formula is C26H28FN3O3. The van der Waals surface area contributed by atoms with Gasteiger partial charge in [0.05, 0.1) is 18.2 Å². The molecule has 0 saturated carbocycles. The zero-order valence-corrected chi connectivity index (χ0v) is 18.6. The molecule has 3 aliphatic heterocycles. The van der Waals surface area contributed by atoms with E-state index < -0.39 is 0 Å². The van der Waals surface area contributed by atoms with E-state index in [4.69, 9.17) is 4.74 Å². The Balaban J connectivity index is 1.37. The Hall–Kier alpha value is -3.03. The van der Waals surface area contributed by atoms with Gasteiger partial charge in [-0.2, -0.15) is 0 Å². The summed E-state index contributed by atoms with van der Waals surface area (Å²) in [5.74, 6) is -0.960. The molecule has 0 aromatic heterocycles. The van der Waals surface area contributed by atoms with Gasteiger partial charge in [-0.25, -0.2) is 4.39 Å². The largest absolute Gasteiger partial charge is 0.376 e. The molecule has 0 aliphatic carbocycles. The summed E-state index contributed by atoms with van der Waals surface area (Å²) in [7, 11) is 0. The molecule has 1 unspecified atom stereocenters. The Morgan fingerprint density at radius 1 is 0.909 bits per heavy atom. The summed E-state index contributed by atoms with van der Waals surface area (Å²) in [5.41, 5.74) is 2.64. The second-order valence-electron chi connectivity index (χ2n) is 8.84. The van der Waals surface area contributed by atoms with Crippen LogP contribution in [0, 0.1) is 5.82 Å². The maximum Gasteiger partial charge on any atom is 0.277 e. The van der Waals surface area contributed by atoms with Crippen LogP contribution in [0.2, 0.25) is 0 Å². The summed E-state index contributed by atoms with van der Waals surface area (Å²) < 4.78 is 19.2. The number of rotatable bonds is 6. The first-order chi connectivity index (χ1) is 16.1. The second-order valence-corrected chi connectivity index (χ2v) is 8.84. The van der Waals surface area contributed by atoms with E-state index >= 15 is 0 Å². The van der Waals surface area contributed by atoms with Crippen LogP contribution in [0.5, 0.6) is 0 Å². The molecule has 2 aromatic carbocycles. The van der Waals surface area contributed by atoms with Gasteiger partial charge < -0.3 is 9.64 Å². The average molecular weight is 450 g/mol. The van der Waals surface area contributed by atoms with E-state index in [1.165, 1.54) is 22.6 Å². The van der Waals surface area contributed by atoms with Crippen molar-refractivity contribution in [2.45, 2.75) is 25.5 Å². The molecule has 0 spiro atoms. The summed E-state index contributed by atoms with van der Waals surface area (Å²) in [6.07, 6.45) is 1.67. The monoisotopic (exact) mass is 449 g/mol. The van der Waals surface area contributed by atoms with Gasteiger partial charge in [0.25, 0.3) is 11.8 Å². The summed E-state index contributed by atoms with van der Waals surface area (Å²) in [4.78, 5) is 32.6. The minimum Gasteiger partial charge on any atom is -0.376 e. The van der Waals surface area contributed by atoms with Crippen molar-refractivity contribution in [3.8, 4) is 0 Å². The lowest BCUT2D eigenvalue weighted by atomic mass is 10.0. The van der Waals surface area contributed by atoms with Crippen LogP contribution in [0.4, 0.5) is 4.39 Å². The molecule has 6 nitrogen and oxygen atoms in total. The highest BCUT2D eigenvalue weighted by atomic mass is 19.1. The molecule has 2 saturated heterocycles. The third kappa shape index (κ3) is 4.56. The first kappa shape index (κ1) is 21.8. The first-order valence-electron chi connectivity index (χ1n) is 11.6. The highest BCUT2D eigenvalue weighted by Crippen LogP contribution is 2.33. The predicted octanol–water partition coefficient (Wildman–Crippen LogP) is 2.90. The fraction of sp³-hybridized carbons (Fsp3) is 0.385. The number of amides is 2. The number of carbonyl (C=O) groups excluding carboxylic acids is 2. The smallest absolute Gasteiger partial charge is 0.277 e. The zero-order valence-electron chi connectivity index (χ0n) is 18.6. The molecule has 0 radical (unpaired) electrons. The van der Waals surface area contributed by atoms with Gasteiger partial charge in [0.15, 0.2) is 0 Å². The van der Waals surface area contributed by atoms with Gasteiger partial charge in [-0.1, -0.05) is 42.5 Å². The molecule has 2 aromatic rings. The molecule has 1 atom stereocenters. The average Bonchev–Trinajstić information content (AvgIpc) is 3.43. The summed E-state index contributed by atoms with van der Waals surface area (Å²) in [6, 6.07) is 16.1. The van der Waals surface area contributed by atoms with Gasteiger partial charge >= 0.3 is 0 Å². The Bertz CT molecular complexity index is 1040. The fourth-order valence-electron chi connectivity index (χ4n) is 4.86. The molecule has 2 fully saturated rings. The van der Waals surface area contributed by atoms with E-state index in [0.29, 0.717) is 36.5 Å². The first-order valence-corrected chi connectivity index (χ1v) is 11.6. The number of ether oxygens (including phenoxy) is 1. The molecular weight excluding hydrogens is 421 g/mol. The number of hydrogen-bond acceptors (Lipinski definition) is 5. The van der Waals surface area contributed by atoms with E-state index in [0.717, 1.165) is 32.5 Å². The topological polar surface area (TPSA) is 53.1 Å². The van der Waals surface area contributed by atoms with Crippen molar-refractivity contribution in [1.82, 2.24) is 14.7 Å². The Morgan fingerprint density at radius 2 is 1.64 bits per heavy atom. The lowest BCUT2D eigenvalue weighted by Gasteiger charge is -2.36. The van der Waals surface area contributed by atoms with Crippen LogP contribution in [0.3, 0.4) is 0 Å². The SMILES string of the molecule is O=C1C(c2ccc(F)cc2)=C(N2CCN(Cc3ccccc3)CC2)C(=O)N1CC1CCCO1. The van der Waals surface area contributed by atoms with Crippen LogP contribution in [-0.2, 0) is 20.9 Å². The maximum absolute atomic E-state index is 13.6. The lowest BCUT2D eigenvalue weighted by molar-refractivity contribution is -0.139. The number of imide groups is 1. The third-order valence-electron chi connectivity index (χ3n) is 6.62. The van der Waals surface area contributed by atoms with Crippen molar-refractivity contribution in [1.29, 1.82) is 0 Å². The van der Waals surface area contributed by atoms with E-state index in [-0.39, 0.29) is 30.3 Å². The minimum absolute atomic E-state index is 0.116. The van der Waals surface area contributed by atoms with Crippen molar-refractivity contribution in [2.75, 3.05) is 39.3 Å². The number of hydrogen-bond donors (Lipinski definition) is 0. The molecule has 3 heterocycles. The second kappa shape index (κ2) is 9.45.